The van der Waals surface area contributed by atoms with Gasteiger partial charge in [-0.15, -0.1) is 16.5 Å². The fraction of sp³-hybridized carbons (Fsp3) is 0.194. The molecular formula is C31H26F2N4O4S2. The lowest BCUT2D eigenvalue weighted by Gasteiger charge is -2.13. The number of benzene rings is 3. The number of methoxy groups -OCH3 is 1. The molecule has 2 heterocycles. The second-order valence-electron chi connectivity index (χ2n) is 10.3. The fourth-order valence-electron chi connectivity index (χ4n) is 5.01. The van der Waals surface area contributed by atoms with E-state index in [4.69, 9.17) is 15.0 Å². The molecule has 1 atom stereocenters. The Hall–Kier alpha value is -4.10. The highest BCUT2D eigenvalue weighted by atomic mass is 32.2. The molecule has 0 radical (unpaired) electrons. The van der Waals surface area contributed by atoms with E-state index in [2.05, 4.69) is 4.98 Å². The third-order valence-corrected chi connectivity index (χ3v) is 8.92. The zero-order chi connectivity index (χ0) is 30.2. The summed E-state index contributed by atoms with van der Waals surface area (Å²) >= 11 is -0.720. The Labute approximate surface area is 253 Å². The van der Waals surface area contributed by atoms with Gasteiger partial charge in [-0.05, 0) is 72.7 Å². The lowest BCUT2D eigenvalue weighted by Crippen LogP contribution is -2.12. The van der Waals surface area contributed by atoms with Crippen LogP contribution in [0.15, 0.2) is 70.9 Å². The molecule has 43 heavy (non-hydrogen) atoms. The van der Waals surface area contributed by atoms with Gasteiger partial charge in [0.1, 0.15) is 17.4 Å². The number of nitrogens with two attached hydrogens (primary N) is 1. The Balaban J connectivity index is 1.56. The summed E-state index contributed by atoms with van der Waals surface area (Å²) in [6.45, 7) is 0. The van der Waals surface area contributed by atoms with Crippen LogP contribution in [0.4, 0.5) is 8.78 Å². The van der Waals surface area contributed by atoms with E-state index in [0.29, 0.717) is 56.7 Å². The summed E-state index contributed by atoms with van der Waals surface area (Å²) in [5, 5.41) is 21.6. The van der Waals surface area contributed by atoms with Crippen molar-refractivity contribution < 1.29 is 28.0 Å². The van der Waals surface area contributed by atoms with Crippen LogP contribution in [0.5, 0.6) is 5.75 Å². The number of aromatic nitrogens is 3. The Morgan fingerprint density at radius 1 is 1.14 bits per heavy atom. The highest BCUT2D eigenvalue weighted by Gasteiger charge is 2.29. The van der Waals surface area contributed by atoms with Crippen LogP contribution in [0.2, 0.25) is 0 Å². The van der Waals surface area contributed by atoms with Gasteiger partial charge in [-0.3, -0.25) is 0 Å². The number of carbonyl (C=O) groups is 1. The Bertz CT molecular complexity index is 1830. The summed E-state index contributed by atoms with van der Waals surface area (Å²) < 4.78 is 49.3. The molecule has 0 bridgehead atoms. The highest BCUT2D eigenvalue weighted by molar-refractivity contribution is 7.89. The SMILES string of the molecule is COc1cccc(-c2cc(-c3c(Cc4ccc([S+](N)[O-])cc4F)c(CC4CC4)nn3-c3nc(C(=O)O)cs3)ccc2F)c1. The predicted molar refractivity (Wildman–Crippen MR) is 160 cm³/mol. The van der Waals surface area contributed by atoms with Gasteiger partial charge in [-0.1, -0.05) is 18.2 Å². The maximum Gasteiger partial charge on any atom is 0.355 e. The lowest BCUT2D eigenvalue weighted by molar-refractivity contribution is 0.0691. The Kier molecular flexibility index (Phi) is 8.01. The number of carboxylic acids is 1. The van der Waals surface area contributed by atoms with Gasteiger partial charge in [0, 0.05) is 34.6 Å². The largest absolute Gasteiger partial charge is 0.593 e. The van der Waals surface area contributed by atoms with Gasteiger partial charge < -0.3 is 14.4 Å². The maximum absolute atomic E-state index is 15.3. The van der Waals surface area contributed by atoms with E-state index in [1.807, 2.05) is 0 Å². The number of ether oxygens (including phenoxy) is 1. The van der Waals surface area contributed by atoms with Crippen LogP contribution >= 0.6 is 11.3 Å². The van der Waals surface area contributed by atoms with Crippen molar-refractivity contribution in [2.24, 2.45) is 11.1 Å². The molecule has 0 saturated heterocycles. The van der Waals surface area contributed by atoms with E-state index < -0.39 is 29.0 Å². The molecule has 0 amide bonds. The second-order valence-corrected chi connectivity index (χ2v) is 12.2. The summed E-state index contributed by atoms with van der Waals surface area (Å²) in [5.74, 6) is -1.18. The number of nitrogens with zero attached hydrogens (tertiary/aromatic N) is 3. The van der Waals surface area contributed by atoms with E-state index in [9.17, 15) is 14.5 Å². The minimum absolute atomic E-state index is 0.126. The molecule has 0 spiro atoms. The normalized spacial score (nSPS) is 13.7. The number of rotatable bonds is 10. The van der Waals surface area contributed by atoms with Gasteiger partial charge in [0.05, 0.1) is 29.9 Å². The Morgan fingerprint density at radius 2 is 1.95 bits per heavy atom. The van der Waals surface area contributed by atoms with Crippen LogP contribution in [0.3, 0.4) is 0 Å². The van der Waals surface area contributed by atoms with Crippen LogP contribution in [0.25, 0.3) is 27.5 Å². The number of thiazole rings is 1. The van der Waals surface area contributed by atoms with E-state index in [-0.39, 0.29) is 17.0 Å². The van der Waals surface area contributed by atoms with Crippen molar-refractivity contribution in [3.63, 3.8) is 0 Å². The van der Waals surface area contributed by atoms with Gasteiger partial charge in [0.25, 0.3) is 0 Å². The van der Waals surface area contributed by atoms with Crippen molar-refractivity contribution in [2.45, 2.75) is 30.6 Å². The third-order valence-electron chi connectivity index (χ3n) is 7.38. The van der Waals surface area contributed by atoms with Crippen molar-refractivity contribution in [1.29, 1.82) is 0 Å². The molecule has 3 aromatic carbocycles. The molecule has 1 unspecified atom stereocenters. The second kappa shape index (κ2) is 11.9. The first-order chi connectivity index (χ1) is 20.7. The molecule has 5 aromatic rings. The average Bonchev–Trinajstić information content (AvgIpc) is 3.54. The first kappa shape index (κ1) is 29.0. The van der Waals surface area contributed by atoms with Gasteiger partial charge in [0.15, 0.2) is 10.6 Å². The summed E-state index contributed by atoms with van der Waals surface area (Å²) in [6, 6.07) is 16.0. The summed E-state index contributed by atoms with van der Waals surface area (Å²) in [7, 11) is 1.54. The predicted octanol–water partition coefficient (Wildman–Crippen LogP) is 6.17. The number of hydrogen-bond acceptors (Lipinski definition) is 7. The van der Waals surface area contributed by atoms with Gasteiger partial charge in [0.2, 0.25) is 5.13 Å². The molecule has 12 heteroatoms. The molecule has 8 nitrogen and oxygen atoms in total. The lowest BCUT2D eigenvalue weighted by atomic mass is 9.94. The zero-order valence-corrected chi connectivity index (χ0v) is 24.6. The van der Waals surface area contributed by atoms with Gasteiger partial charge >= 0.3 is 5.97 Å². The van der Waals surface area contributed by atoms with E-state index in [1.54, 1.807) is 47.1 Å². The van der Waals surface area contributed by atoms with Crippen LogP contribution in [0.1, 0.15) is 40.2 Å². The van der Waals surface area contributed by atoms with E-state index in [0.717, 1.165) is 35.9 Å². The minimum atomic E-state index is -1.84. The number of hydrogen-bond donors (Lipinski definition) is 2. The zero-order valence-electron chi connectivity index (χ0n) is 22.9. The Morgan fingerprint density at radius 3 is 2.63 bits per heavy atom. The number of halogens is 2. The number of carboxylic acid groups (broad SMARTS) is 1. The topological polar surface area (TPSA) is 126 Å². The van der Waals surface area contributed by atoms with Crippen LogP contribution < -0.4 is 9.88 Å². The smallest absolute Gasteiger partial charge is 0.355 e. The standard InChI is InChI=1S/C31H26F2N4O4S2/c1-41-21-4-2-3-18(12-21)23-14-20(8-10-25(23)32)29-24(13-19-7-9-22(43(34)40)15-26(19)33)27(11-17-5-6-17)36-37(29)31-35-28(16-42-31)30(38)39/h2-4,7-10,12,14-17H,5-6,11,13,34H2,1H3,(H,38,39). The molecular weight excluding hydrogens is 594 g/mol. The molecule has 1 saturated carbocycles. The van der Waals surface area contributed by atoms with Crippen LogP contribution in [-0.4, -0.2) is 37.5 Å². The van der Waals surface area contributed by atoms with Crippen LogP contribution in [-0.2, 0) is 24.2 Å². The van der Waals surface area contributed by atoms with Gasteiger partial charge in [-0.2, -0.15) is 5.10 Å². The van der Waals surface area contributed by atoms with Crippen molar-refractivity contribution >= 4 is 28.7 Å². The molecule has 1 aliphatic carbocycles. The highest BCUT2D eigenvalue weighted by Crippen LogP contribution is 2.39. The third kappa shape index (κ3) is 6.04. The minimum Gasteiger partial charge on any atom is -0.593 e. The maximum atomic E-state index is 15.3. The monoisotopic (exact) mass is 620 g/mol. The molecule has 0 aliphatic heterocycles. The van der Waals surface area contributed by atoms with E-state index in [1.165, 1.54) is 24.6 Å². The summed E-state index contributed by atoms with van der Waals surface area (Å²) in [6.07, 6.45) is 2.86. The fourth-order valence-corrected chi connectivity index (χ4v) is 6.18. The summed E-state index contributed by atoms with van der Waals surface area (Å²) in [5.41, 5.74) is 3.72. The van der Waals surface area contributed by atoms with E-state index >= 15 is 8.78 Å². The molecule has 2 aromatic heterocycles. The van der Waals surface area contributed by atoms with Crippen LogP contribution in [0, 0.1) is 17.6 Å². The van der Waals surface area contributed by atoms with Crippen molar-refractivity contribution in [3.8, 4) is 33.3 Å². The first-order valence-corrected chi connectivity index (χ1v) is 15.5. The molecule has 3 N–H and O–H groups in total. The van der Waals surface area contributed by atoms with Crippen molar-refractivity contribution in [3.05, 3.63) is 100 Å². The number of aromatic carboxylic acids is 1. The van der Waals surface area contributed by atoms with Crippen molar-refractivity contribution in [2.75, 3.05) is 7.11 Å². The molecule has 1 aliphatic rings. The van der Waals surface area contributed by atoms with Gasteiger partial charge in [-0.25, -0.2) is 23.2 Å². The summed E-state index contributed by atoms with van der Waals surface area (Å²) in [4.78, 5) is 16.1. The average molecular weight is 621 g/mol. The molecule has 1 fully saturated rings. The quantitative estimate of drug-likeness (QED) is 0.179. The van der Waals surface area contributed by atoms with Crippen molar-refractivity contribution in [1.82, 2.24) is 14.8 Å². The first-order valence-electron chi connectivity index (χ1n) is 13.4. The molecule has 220 valence electrons. The molecule has 6 rings (SSSR count).